The molecule has 6 nitrogen and oxygen atoms in total. The standard InChI is InChI=1S/C25H29N3O3S2/c1-16(33-20-8-6-7-18(13-20)26-22(29)14-25(2,3)4)23(30)28-24-27-21(15-32-24)17-9-11-19(31-5)12-10-17/h6-13,15-16H,14H2,1-5H3,(H,26,29)(H,27,28,30). The molecule has 2 amide bonds. The van der Waals surface area contributed by atoms with E-state index in [-0.39, 0.29) is 22.5 Å². The number of benzene rings is 2. The molecule has 1 heterocycles. The largest absolute Gasteiger partial charge is 0.497 e. The van der Waals surface area contributed by atoms with E-state index in [1.807, 2.05) is 81.6 Å². The van der Waals surface area contributed by atoms with Gasteiger partial charge in [-0.15, -0.1) is 23.1 Å². The molecule has 8 heteroatoms. The fourth-order valence-electron chi connectivity index (χ4n) is 3.02. The average molecular weight is 484 g/mol. The summed E-state index contributed by atoms with van der Waals surface area (Å²) in [6.45, 7) is 7.94. The second kappa shape index (κ2) is 10.9. The van der Waals surface area contributed by atoms with Gasteiger partial charge in [0.15, 0.2) is 5.13 Å². The van der Waals surface area contributed by atoms with E-state index in [1.165, 1.54) is 23.1 Å². The number of nitrogens with zero attached hydrogens (tertiary/aromatic N) is 1. The molecule has 3 rings (SSSR count). The van der Waals surface area contributed by atoms with E-state index in [2.05, 4.69) is 15.6 Å². The van der Waals surface area contributed by atoms with Gasteiger partial charge in [0.2, 0.25) is 11.8 Å². The van der Waals surface area contributed by atoms with Gasteiger partial charge in [-0.2, -0.15) is 0 Å². The number of hydrogen-bond acceptors (Lipinski definition) is 6. The van der Waals surface area contributed by atoms with Crippen LogP contribution in [0.25, 0.3) is 11.3 Å². The molecule has 0 bridgehead atoms. The van der Waals surface area contributed by atoms with Gasteiger partial charge in [-0.25, -0.2) is 4.98 Å². The second-order valence-corrected chi connectivity index (χ2v) is 11.1. The summed E-state index contributed by atoms with van der Waals surface area (Å²) in [5.74, 6) is 0.635. The van der Waals surface area contributed by atoms with Crippen molar-refractivity contribution < 1.29 is 14.3 Å². The van der Waals surface area contributed by atoms with E-state index >= 15 is 0 Å². The summed E-state index contributed by atoms with van der Waals surface area (Å²) < 4.78 is 5.19. The summed E-state index contributed by atoms with van der Waals surface area (Å²) in [4.78, 5) is 30.4. The maximum atomic E-state index is 12.7. The van der Waals surface area contributed by atoms with E-state index in [0.29, 0.717) is 11.6 Å². The van der Waals surface area contributed by atoms with Crippen LogP contribution in [0.4, 0.5) is 10.8 Å². The zero-order valence-electron chi connectivity index (χ0n) is 19.5. The molecule has 0 fully saturated rings. The van der Waals surface area contributed by atoms with Crippen LogP contribution in [0.5, 0.6) is 5.75 Å². The Bertz CT molecular complexity index is 1100. The third-order valence-corrected chi connectivity index (χ3v) is 6.46. The molecule has 1 aromatic heterocycles. The van der Waals surface area contributed by atoms with Gasteiger partial charge < -0.3 is 15.4 Å². The van der Waals surface area contributed by atoms with Crippen molar-refractivity contribution in [2.75, 3.05) is 17.7 Å². The third kappa shape index (κ3) is 7.61. The van der Waals surface area contributed by atoms with E-state index in [4.69, 9.17) is 4.74 Å². The molecule has 2 aromatic carbocycles. The third-order valence-electron chi connectivity index (χ3n) is 4.61. The van der Waals surface area contributed by atoms with Crippen molar-refractivity contribution in [3.05, 3.63) is 53.9 Å². The van der Waals surface area contributed by atoms with Gasteiger partial charge in [-0.1, -0.05) is 26.8 Å². The number of thiazole rings is 1. The Kier molecular flexibility index (Phi) is 8.15. The zero-order chi connectivity index (χ0) is 24.0. The van der Waals surface area contributed by atoms with Crippen molar-refractivity contribution >= 4 is 45.7 Å². The van der Waals surface area contributed by atoms with Crippen LogP contribution in [0, 0.1) is 5.41 Å². The second-order valence-electron chi connectivity index (χ2n) is 8.83. The first-order valence-electron chi connectivity index (χ1n) is 10.6. The van der Waals surface area contributed by atoms with Crippen LogP contribution in [-0.2, 0) is 9.59 Å². The number of aromatic nitrogens is 1. The molecule has 1 atom stereocenters. The zero-order valence-corrected chi connectivity index (χ0v) is 21.1. The molecule has 2 N–H and O–H groups in total. The molecule has 174 valence electrons. The predicted molar refractivity (Wildman–Crippen MR) is 137 cm³/mol. The van der Waals surface area contributed by atoms with Crippen LogP contribution in [-0.4, -0.2) is 29.2 Å². The van der Waals surface area contributed by atoms with Crippen LogP contribution in [0.15, 0.2) is 58.8 Å². The first-order valence-corrected chi connectivity index (χ1v) is 12.4. The lowest BCUT2D eigenvalue weighted by Crippen LogP contribution is -2.22. The molecular weight excluding hydrogens is 454 g/mol. The fraction of sp³-hybridized carbons (Fsp3) is 0.320. The molecule has 0 radical (unpaired) electrons. The van der Waals surface area contributed by atoms with Crippen molar-refractivity contribution in [1.82, 2.24) is 4.98 Å². The number of anilines is 2. The molecule has 1 unspecified atom stereocenters. The van der Waals surface area contributed by atoms with E-state index in [0.717, 1.165) is 27.6 Å². The molecule has 0 spiro atoms. The monoisotopic (exact) mass is 483 g/mol. The maximum Gasteiger partial charge on any atom is 0.239 e. The number of ether oxygens (including phenoxy) is 1. The lowest BCUT2D eigenvalue weighted by molar-refractivity contribution is -0.118. The fourth-order valence-corrected chi connectivity index (χ4v) is 4.67. The molecular formula is C25H29N3O3S2. The number of methoxy groups -OCH3 is 1. The van der Waals surface area contributed by atoms with E-state index in [9.17, 15) is 9.59 Å². The van der Waals surface area contributed by atoms with Gasteiger partial charge in [0.1, 0.15) is 5.75 Å². The average Bonchev–Trinajstić information content (AvgIpc) is 3.21. The number of nitrogens with one attached hydrogen (secondary N) is 2. The Morgan fingerprint density at radius 2 is 1.85 bits per heavy atom. The summed E-state index contributed by atoms with van der Waals surface area (Å²) in [6, 6.07) is 15.2. The van der Waals surface area contributed by atoms with Crippen LogP contribution in [0.1, 0.15) is 34.1 Å². The van der Waals surface area contributed by atoms with Gasteiger partial charge in [-0.3, -0.25) is 9.59 Å². The van der Waals surface area contributed by atoms with E-state index in [1.54, 1.807) is 7.11 Å². The maximum absolute atomic E-state index is 12.7. The minimum Gasteiger partial charge on any atom is -0.497 e. The highest BCUT2D eigenvalue weighted by Crippen LogP contribution is 2.29. The Morgan fingerprint density at radius 1 is 1.12 bits per heavy atom. The van der Waals surface area contributed by atoms with Gasteiger partial charge in [0, 0.05) is 27.9 Å². The van der Waals surface area contributed by atoms with Crippen LogP contribution < -0.4 is 15.4 Å². The first-order chi connectivity index (χ1) is 15.6. The summed E-state index contributed by atoms with van der Waals surface area (Å²) in [5.41, 5.74) is 2.41. The van der Waals surface area contributed by atoms with Gasteiger partial charge in [0.05, 0.1) is 18.1 Å². The van der Waals surface area contributed by atoms with Crippen molar-refractivity contribution in [2.24, 2.45) is 5.41 Å². The molecule has 0 aliphatic carbocycles. The minimum atomic E-state index is -0.334. The number of thioether (sulfide) groups is 1. The van der Waals surface area contributed by atoms with Gasteiger partial charge >= 0.3 is 0 Å². The number of carbonyl (C=O) groups is 2. The van der Waals surface area contributed by atoms with Crippen LogP contribution >= 0.6 is 23.1 Å². The van der Waals surface area contributed by atoms with Crippen LogP contribution in [0.2, 0.25) is 0 Å². The quantitative estimate of drug-likeness (QED) is 0.367. The van der Waals surface area contributed by atoms with Crippen molar-refractivity contribution in [3.8, 4) is 17.0 Å². The Hall–Kier alpha value is -2.84. The number of amides is 2. The minimum absolute atomic E-state index is 0.0214. The molecule has 0 aliphatic rings. The summed E-state index contributed by atoms with van der Waals surface area (Å²) in [5, 5.41) is 7.98. The number of rotatable bonds is 8. The van der Waals surface area contributed by atoms with Crippen molar-refractivity contribution in [1.29, 1.82) is 0 Å². The SMILES string of the molecule is COc1ccc(-c2csc(NC(=O)C(C)Sc3cccc(NC(=O)CC(C)(C)C)c3)n2)cc1. The van der Waals surface area contributed by atoms with E-state index < -0.39 is 0 Å². The molecule has 0 saturated carbocycles. The topological polar surface area (TPSA) is 80.3 Å². The Morgan fingerprint density at radius 3 is 2.52 bits per heavy atom. The number of carbonyl (C=O) groups excluding carboxylic acids is 2. The molecule has 3 aromatic rings. The van der Waals surface area contributed by atoms with Crippen molar-refractivity contribution in [2.45, 2.75) is 44.3 Å². The van der Waals surface area contributed by atoms with Crippen LogP contribution in [0.3, 0.4) is 0 Å². The molecule has 0 saturated heterocycles. The Labute approximate surface area is 203 Å². The normalized spacial score (nSPS) is 12.2. The summed E-state index contributed by atoms with van der Waals surface area (Å²) >= 11 is 2.82. The summed E-state index contributed by atoms with van der Waals surface area (Å²) in [6.07, 6.45) is 0.440. The molecule has 33 heavy (non-hydrogen) atoms. The number of hydrogen-bond donors (Lipinski definition) is 2. The highest BCUT2D eigenvalue weighted by Gasteiger charge is 2.18. The predicted octanol–water partition coefficient (Wildman–Crippen LogP) is 6.31. The molecule has 0 aliphatic heterocycles. The smallest absolute Gasteiger partial charge is 0.239 e. The Balaban J connectivity index is 1.57. The highest BCUT2D eigenvalue weighted by atomic mass is 32.2. The van der Waals surface area contributed by atoms with Gasteiger partial charge in [0.25, 0.3) is 0 Å². The lowest BCUT2D eigenvalue weighted by Gasteiger charge is -2.17. The lowest BCUT2D eigenvalue weighted by atomic mass is 9.92. The first kappa shape index (κ1) is 24.8. The van der Waals surface area contributed by atoms with Gasteiger partial charge in [-0.05, 0) is 54.8 Å². The highest BCUT2D eigenvalue weighted by molar-refractivity contribution is 8.00. The summed E-state index contributed by atoms with van der Waals surface area (Å²) in [7, 11) is 1.63. The van der Waals surface area contributed by atoms with Crippen molar-refractivity contribution in [3.63, 3.8) is 0 Å².